The van der Waals surface area contributed by atoms with Crippen molar-refractivity contribution >= 4 is 17.0 Å². The molecule has 0 unspecified atom stereocenters. The molecule has 1 aromatic carbocycles. The Bertz CT molecular complexity index is 623. The molecule has 0 fully saturated rings. The van der Waals surface area contributed by atoms with Crippen LogP contribution in [-0.4, -0.2) is 20.6 Å². The van der Waals surface area contributed by atoms with Crippen molar-refractivity contribution in [1.82, 2.24) is 0 Å². The second-order valence-electron chi connectivity index (χ2n) is 4.49. The SMILES string of the molecule is CN(C)c1cccc(OCc2cc(C#CCN)cs2)c1. The van der Waals surface area contributed by atoms with Crippen LogP contribution in [-0.2, 0) is 6.61 Å². The molecular weight excluding hydrogens is 268 g/mol. The van der Waals surface area contributed by atoms with Gasteiger partial charge in [0.05, 0.1) is 6.54 Å². The number of nitrogens with two attached hydrogens (primary N) is 1. The monoisotopic (exact) mass is 286 g/mol. The van der Waals surface area contributed by atoms with Crippen molar-refractivity contribution in [2.75, 3.05) is 25.5 Å². The Kier molecular flexibility index (Phi) is 5.05. The number of benzene rings is 1. The van der Waals surface area contributed by atoms with Crippen molar-refractivity contribution in [1.29, 1.82) is 0 Å². The molecule has 0 radical (unpaired) electrons. The maximum atomic E-state index is 5.81. The van der Waals surface area contributed by atoms with Gasteiger partial charge in [-0.2, -0.15) is 0 Å². The highest BCUT2D eigenvalue weighted by atomic mass is 32.1. The third-order valence-electron chi connectivity index (χ3n) is 2.70. The van der Waals surface area contributed by atoms with Crippen LogP contribution >= 0.6 is 11.3 Å². The smallest absolute Gasteiger partial charge is 0.122 e. The third kappa shape index (κ3) is 4.02. The number of nitrogens with zero attached hydrogens (tertiary/aromatic N) is 1. The normalized spacial score (nSPS) is 9.75. The summed E-state index contributed by atoms with van der Waals surface area (Å²) in [6.07, 6.45) is 0. The molecule has 104 valence electrons. The molecule has 0 saturated heterocycles. The Hall–Kier alpha value is -1.96. The molecule has 0 bridgehead atoms. The Morgan fingerprint density at radius 3 is 2.90 bits per heavy atom. The van der Waals surface area contributed by atoms with Gasteiger partial charge in [-0.1, -0.05) is 17.9 Å². The Morgan fingerprint density at radius 2 is 2.15 bits per heavy atom. The number of hydrogen-bond donors (Lipinski definition) is 1. The summed E-state index contributed by atoms with van der Waals surface area (Å²) in [6, 6.07) is 10.1. The largest absolute Gasteiger partial charge is 0.488 e. The number of anilines is 1. The number of rotatable bonds is 4. The van der Waals surface area contributed by atoms with Gasteiger partial charge in [0.25, 0.3) is 0 Å². The van der Waals surface area contributed by atoms with Gasteiger partial charge < -0.3 is 15.4 Å². The fraction of sp³-hybridized carbons (Fsp3) is 0.250. The van der Waals surface area contributed by atoms with E-state index >= 15 is 0 Å². The van der Waals surface area contributed by atoms with Crippen molar-refractivity contribution in [2.45, 2.75) is 6.61 Å². The fourth-order valence-electron chi connectivity index (χ4n) is 1.68. The molecule has 0 aliphatic rings. The summed E-state index contributed by atoms with van der Waals surface area (Å²) in [7, 11) is 4.03. The molecule has 2 rings (SSSR count). The zero-order valence-corrected chi connectivity index (χ0v) is 12.5. The van der Waals surface area contributed by atoms with Crippen LogP contribution in [0.3, 0.4) is 0 Å². The molecule has 2 N–H and O–H groups in total. The summed E-state index contributed by atoms with van der Waals surface area (Å²) in [6.45, 7) is 0.949. The molecule has 2 aromatic rings. The lowest BCUT2D eigenvalue weighted by atomic mass is 10.3. The summed E-state index contributed by atoms with van der Waals surface area (Å²) in [5.74, 6) is 6.74. The van der Waals surface area contributed by atoms with Crippen molar-refractivity contribution < 1.29 is 4.74 Å². The zero-order valence-electron chi connectivity index (χ0n) is 11.7. The van der Waals surface area contributed by atoms with E-state index in [9.17, 15) is 0 Å². The first-order chi connectivity index (χ1) is 9.69. The van der Waals surface area contributed by atoms with Crippen LogP contribution in [0.25, 0.3) is 0 Å². The molecule has 0 atom stereocenters. The minimum Gasteiger partial charge on any atom is -0.488 e. The van der Waals surface area contributed by atoms with Gasteiger partial charge in [-0.05, 0) is 18.2 Å². The predicted octanol–water partition coefficient (Wildman–Crippen LogP) is 2.70. The standard InChI is InChI=1S/C16H18N2OS/c1-18(2)14-6-3-7-15(10-14)19-11-16-9-13(12-20-16)5-4-8-17/h3,6-7,9-10,12H,8,11,17H2,1-2H3. The van der Waals surface area contributed by atoms with Crippen molar-refractivity contribution in [2.24, 2.45) is 5.73 Å². The number of ether oxygens (including phenoxy) is 1. The van der Waals surface area contributed by atoms with E-state index in [1.165, 1.54) is 0 Å². The summed E-state index contributed by atoms with van der Waals surface area (Å²) in [4.78, 5) is 3.21. The first-order valence-corrected chi connectivity index (χ1v) is 7.23. The van der Waals surface area contributed by atoms with Crippen LogP contribution in [0.5, 0.6) is 5.75 Å². The van der Waals surface area contributed by atoms with E-state index in [0.29, 0.717) is 13.2 Å². The molecule has 20 heavy (non-hydrogen) atoms. The van der Waals surface area contributed by atoms with Gasteiger partial charge in [-0.15, -0.1) is 11.3 Å². The third-order valence-corrected chi connectivity index (χ3v) is 3.61. The summed E-state index contributed by atoms with van der Waals surface area (Å²) in [5.41, 5.74) is 7.49. The van der Waals surface area contributed by atoms with E-state index in [2.05, 4.69) is 22.8 Å². The van der Waals surface area contributed by atoms with E-state index in [0.717, 1.165) is 21.9 Å². The van der Waals surface area contributed by atoms with Gasteiger partial charge in [-0.25, -0.2) is 0 Å². The van der Waals surface area contributed by atoms with Gasteiger partial charge in [-0.3, -0.25) is 0 Å². The highest BCUT2D eigenvalue weighted by Crippen LogP contribution is 2.22. The van der Waals surface area contributed by atoms with Gasteiger partial charge in [0.1, 0.15) is 12.4 Å². The van der Waals surface area contributed by atoms with E-state index < -0.39 is 0 Å². The van der Waals surface area contributed by atoms with Crippen LogP contribution in [0.2, 0.25) is 0 Å². The predicted molar refractivity (Wildman–Crippen MR) is 85.4 cm³/mol. The molecule has 1 heterocycles. The number of hydrogen-bond acceptors (Lipinski definition) is 4. The molecule has 0 aliphatic heterocycles. The maximum absolute atomic E-state index is 5.81. The zero-order chi connectivity index (χ0) is 14.4. The quantitative estimate of drug-likeness (QED) is 0.878. The van der Waals surface area contributed by atoms with Crippen molar-refractivity contribution in [3.8, 4) is 17.6 Å². The first kappa shape index (κ1) is 14.4. The molecule has 0 spiro atoms. The summed E-state index contributed by atoms with van der Waals surface area (Å²) in [5, 5.41) is 2.03. The van der Waals surface area contributed by atoms with Crippen LogP contribution < -0.4 is 15.4 Å². The van der Waals surface area contributed by atoms with Gasteiger partial charge >= 0.3 is 0 Å². The fourth-order valence-corrected chi connectivity index (χ4v) is 2.41. The summed E-state index contributed by atoms with van der Waals surface area (Å²) < 4.78 is 5.81. The Morgan fingerprint density at radius 1 is 1.30 bits per heavy atom. The molecule has 1 aromatic heterocycles. The van der Waals surface area contributed by atoms with E-state index in [-0.39, 0.29) is 0 Å². The van der Waals surface area contributed by atoms with Crippen LogP contribution in [0.1, 0.15) is 10.4 Å². The second kappa shape index (κ2) is 6.99. The highest BCUT2D eigenvalue weighted by molar-refractivity contribution is 7.10. The lowest BCUT2D eigenvalue weighted by molar-refractivity contribution is 0.310. The summed E-state index contributed by atoms with van der Waals surface area (Å²) >= 11 is 1.65. The van der Waals surface area contributed by atoms with Crippen LogP contribution in [0.4, 0.5) is 5.69 Å². The van der Waals surface area contributed by atoms with E-state index in [4.69, 9.17) is 10.5 Å². The molecule has 0 aliphatic carbocycles. The lowest BCUT2D eigenvalue weighted by Gasteiger charge is -2.13. The topological polar surface area (TPSA) is 38.5 Å². The average molecular weight is 286 g/mol. The Balaban J connectivity index is 1.98. The van der Waals surface area contributed by atoms with Crippen molar-refractivity contribution in [3.05, 3.63) is 46.2 Å². The van der Waals surface area contributed by atoms with Gasteiger partial charge in [0.15, 0.2) is 0 Å². The van der Waals surface area contributed by atoms with E-state index in [1.807, 2.05) is 43.7 Å². The molecule has 0 amide bonds. The minimum atomic E-state index is 0.388. The minimum absolute atomic E-state index is 0.388. The molecule has 4 heteroatoms. The van der Waals surface area contributed by atoms with Crippen LogP contribution in [0.15, 0.2) is 35.7 Å². The number of thiophene rings is 1. The second-order valence-corrected chi connectivity index (χ2v) is 5.48. The molecule has 3 nitrogen and oxygen atoms in total. The average Bonchev–Trinajstić information content (AvgIpc) is 2.91. The van der Waals surface area contributed by atoms with Crippen LogP contribution in [0, 0.1) is 11.8 Å². The maximum Gasteiger partial charge on any atom is 0.122 e. The van der Waals surface area contributed by atoms with E-state index in [1.54, 1.807) is 11.3 Å². The van der Waals surface area contributed by atoms with Gasteiger partial charge in [0.2, 0.25) is 0 Å². The molecular formula is C16H18N2OS. The van der Waals surface area contributed by atoms with Crippen molar-refractivity contribution in [3.63, 3.8) is 0 Å². The molecule has 0 saturated carbocycles. The lowest BCUT2D eigenvalue weighted by Crippen LogP contribution is -2.08. The highest BCUT2D eigenvalue weighted by Gasteiger charge is 2.01. The Labute approximate surface area is 124 Å². The first-order valence-electron chi connectivity index (χ1n) is 6.35. The van der Waals surface area contributed by atoms with Gasteiger partial charge in [0, 0.05) is 41.7 Å².